The molecule has 0 saturated heterocycles. The lowest BCUT2D eigenvalue weighted by atomic mass is 10.2. The molecule has 0 aliphatic carbocycles. The quantitative estimate of drug-likeness (QED) is 0.618. The molecule has 1 heterocycles. The van der Waals surface area contributed by atoms with Crippen LogP contribution in [0.15, 0.2) is 35.5 Å². The molecule has 7 heteroatoms. The first-order valence-electron chi connectivity index (χ1n) is 6.83. The monoisotopic (exact) mass is 339 g/mol. The van der Waals surface area contributed by atoms with E-state index in [0.717, 1.165) is 17.1 Å². The number of carbonyl (C=O) groups excluding carboxylic acids is 1. The zero-order valence-electron chi connectivity index (χ0n) is 12.5. The van der Waals surface area contributed by atoms with Gasteiger partial charge in [-0.15, -0.1) is 11.8 Å². The number of ether oxygens (including phenoxy) is 1. The number of nitrogens with one attached hydrogen (secondary N) is 1. The van der Waals surface area contributed by atoms with Crippen LogP contribution in [0.1, 0.15) is 12.8 Å². The van der Waals surface area contributed by atoms with Crippen LogP contribution in [0.4, 0.5) is 5.69 Å². The molecule has 1 aromatic carbocycles. The second kappa shape index (κ2) is 8.10. The van der Waals surface area contributed by atoms with Gasteiger partial charge in [0.15, 0.2) is 0 Å². The van der Waals surface area contributed by atoms with Crippen LogP contribution in [-0.4, -0.2) is 28.6 Å². The molecule has 0 atom stereocenters. The summed E-state index contributed by atoms with van der Waals surface area (Å²) >= 11 is 7.63. The highest BCUT2D eigenvalue weighted by Gasteiger charge is 2.08. The minimum Gasteiger partial charge on any atom is -0.495 e. The predicted octanol–water partition coefficient (Wildman–Crippen LogP) is 3.59. The van der Waals surface area contributed by atoms with Crippen molar-refractivity contribution < 1.29 is 9.53 Å². The Morgan fingerprint density at radius 1 is 1.50 bits per heavy atom. The molecule has 2 rings (SSSR count). The molecule has 0 radical (unpaired) electrons. The van der Waals surface area contributed by atoms with Crippen LogP contribution in [0.3, 0.4) is 0 Å². The molecular weight excluding hydrogens is 322 g/mol. The van der Waals surface area contributed by atoms with Gasteiger partial charge in [0.25, 0.3) is 0 Å². The maximum Gasteiger partial charge on any atom is 0.224 e. The Morgan fingerprint density at radius 2 is 2.32 bits per heavy atom. The van der Waals surface area contributed by atoms with Crippen molar-refractivity contribution in [2.24, 2.45) is 7.05 Å². The van der Waals surface area contributed by atoms with Crippen LogP contribution >= 0.6 is 23.4 Å². The van der Waals surface area contributed by atoms with E-state index < -0.39 is 0 Å². The predicted molar refractivity (Wildman–Crippen MR) is 89.8 cm³/mol. The van der Waals surface area contributed by atoms with Crippen molar-refractivity contribution in [3.8, 4) is 5.75 Å². The molecule has 0 unspecified atom stereocenters. The molecule has 0 spiro atoms. The van der Waals surface area contributed by atoms with Crippen LogP contribution < -0.4 is 10.1 Å². The van der Waals surface area contributed by atoms with Crippen molar-refractivity contribution in [3.05, 3.63) is 35.6 Å². The zero-order valence-corrected chi connectivity index (χ0v) is 14.1. The van der Waals surface area contributed by atoms with E-state index in [1.165, 1.54) is 0 Å². The summed E-state index contributed by atoms with van der Waals surface area (Å²) in [5, 5.41) is 7.49. The Bertz CT molecular complexity index is 645. The van der Waals surface area contributed by atoms with Gasteiger partial charge in [-0.1, -0.05) is 11.6 Å². The third-order valence-corrected chi connectivity index (χ3v) is 4.21. The summed E-state index contributed by atoms with van der Waals surface area (Å²) in [6.07, 6.45) is 5.01. The first kappa shape index (κ1) is 16.7. The summed E-state index contributed by atoms with van der Waals surface area (Å²) in [5.74, 6) is 1.42. The Morgan fingerprint density at radius 3 is 3.00 bits per heavy atom. The molecule has 0 bridgehead atoms. The number of carbonyl (C=O) groups is 1. The fraction of sp³-hybridized carbons (Fsp3) is 0.333. The number of hydrogen-bond acceptors (Lipinski definition) is 4. The van der Waals surface area contributed by atoms with Crippen molar-refractivity contribution in [2.45, 2.75) is 17.7 Å². The molecule has 1 N–H and O–H groups in total. The van der Waals surface area contributed by atoms with Gasteiger partial charge >= 0.3 is 0 Å². The van der Waals surface area contributed by atoms with E-state index in [4.69, 9.17) is 16.3 Å². The zero-order chi connectivity index (χ0) is 15.9. The summed E-state index contributed by atoms with van der Waals surface area (Å²) in [6.45, 7) is 0. The number of benzene rings is 1. The Kier molecular flexibility index (Phi) is 6.15. The average Bonchev–Trinajstić information content (AvgIpc) is 2.89. The van der Waals surface area contributed by atoms with E-state index >= 15 is 0 Å². The van der Waals surface area contributed by atoms with Gasteiger partial charge in [-0.2, -0.15) is 5.10 Å². The molecule has 0 fully saturated rings. The molecule has 1 aromatic heterocycles. The Hall–Kier alpha value is -1.66. The summed E-state index contributed by atoms with van der Waals surface area (Å²) in [5.41, 5.74) is 0.597. The number of thioether (sulfide) groups is 1. The van der Waals surface area contributed by atoms with Crippen LogP contribution in [0.25, 0.3) is 0 Å². The Balaban J connectivity index is 1.77. The summed E-state index contributed by atoms with van der Waals surface area (Å²) in [6, 6.07) is 5.14. The summed E-state index contributed by atoms with van der Waals surface area (Å²) in [4.78, 5) is 13.1. The minimum absolute atomic E-state index is 0.0487. The number of hydrogen-bond donors (Lipinski definition) is 1. The van der Waals surface area contributed by atoms with E-state index in [1.807, 2.05) is 19.4 Å². The van der Waals surface area contributed by atoms with Gasteiger partial charge in [0.1, 0.15) is 5.75 Å². The average molecular weight is 340 g/mol. The van der Waals surface area contributed by atoms with Crippen LogP contribution in [0.5, 0.6) is 5.75 Å². The van der Waals surface area contributed by atoms with E-state index in [9.17, 15) is 4.79 Å². The van der Waals surface area contributed by atoms with Gasteiger partial charge in [-0.05, 0) is 30.4 Å². The number of amides is 1. The smallest absolute Gasteiger partial charge is 0.224 e. The van der Waals surface area contributed by atoms with Crippen molar-refractivity contribution in [1.82, 2.24) is 9.78 Å². The molecular formula is C15H18ClN3O2S. The van der Waals surface area contributed by atoms with Gasteiger partial charge in [-0.3, -0.25) is 9.48 Å². The van der Waals surface area contributed by atoms with E-state index in [0.29, 0.717) is 22.9 Å². The van der Waals surface area contributed by atoms with Crippen LogP contribution in [0, 0.1) is 0 Å². The SMILES string of the molecule is COc1ccc(Cl)cc1NC(=O)CCCSc1cnn(C)c1. The standard InChI is InChI=1S/C15H18ClN3O2S/c1-19-10-12(9-17-19)22-7-3-4-15(20)18-13-8-11(16)5-6-14(13)21-2/h5-6,8-10H,3-4,7H2,1-2H3,(H,18,20). The molecule has 22 heavy (non-hydrogen) atoms. The van der Waals surface area contributed by atoms with E-state index in [-0.39, 0.29) is 5.91 Å². The number of aromatic nitrogens is 2. The maximum absolute atomic E-state index is 12.0. The highest BCUT2D eigenvalue weighted by Crippen LogP contribution is 2.28. The van der Waals surface area contributed by atoms with Crippen LogP contribution in [-0.2, 0) is 11.8 Å². The molecule has 118 valence electrons. The second-order valence-corrected chi connectivity index (χ2v) is 6.30. The van der Waals surface area contributed by atoms with Gasteiger partial charge in [0.05, 0.1) is 19.0 Å². The number of rotatable bonds is 7. The number of aryl methyl sites for hydroxylation is 1. The number of nitrogens with zero attached hydrogens (tertiary/aromatic N) is 2. The molecule has 0 saturated carbocycles. The second-order valence-electron chi connectivity index (χ2n) is 4.69. The normalized spacial score (nSPS) is 10.5. The number of halogens is 1. The lowest BCUT2D eigenvalue weighted by molar-refractivity contribution is -0.116. The van der Waals surface area contributed by atoms with Gasteiger partial charge < -0.3 is 10.1 Å². The molecule has 2 aromatic rings. The van der Waals surface area contributed by atoms with Gasteiger partial charge in [0, 0.05) is 29.6 Å². The summed E-state index contributed by atoms with van der Waals surface area (Å²) < 4.78 is 6.96. The van der Waals surface area contributed by atoms with Crippen LogP contribution in [0.2, 0.25) is 5.02 Å². The highest BCUT2D eigenvalue weighted by atomic mass is 35.5. The third-order valence-electron chi connectivity index (χ3n) is 2.93. The lowest BCUT2D eigenvalue weighted by Crippen LogP contribution is -2.12. The summed E-state index contributed by atoms with van der Waals surface area (Å²) in [7, 11) is 3.44. The fourth-order valence-corrected chi connectivity index (χ4v) is 2.93. The molecule has 0 aliphatic rings. The van der Waals surface area contributed by atoms with Gasteiger partial charge in [-0.25, -0.2) is 0 Å². The highest BCUT2D eigenvalue weighted by molar-refractivity contribution is 7.99. The minimum atomic E-state index is -0.0487. The lowest BCUT2D eigenvalue weighted by Gasteiger charge is -2.10. The number of methoxy groups -OCH3 is 1. The Labute approximate surface area is 139 Å². The molecule has 0 aliphatic heterocycles. The van der Waals surface area contributed by atoms with Gasteiger partial charge in [0.2, 0.25) is 5.91 Å². The fourth-order valence-electron chi connectivity index (χ4n) is 1.89. The van der Waals surface area contributed by atoms with Crippen molar-refractivity contribution in [2.75, 3.05) is 18.2 Å². The first-order valence-corrected chi connectivity index (χ1v) is 8.19. The molecule has 5 nitrogen and oxygen atoms in total. The van der Waals surface area contributed by atoms with Crippen molar-refractivity contribution in [1.29, 1.82) is 0 Å². The first-order chi connectivity index (χ1) is 10.6. The topological polar surface area (TPSA) is 56.1 Å². The number of anilines is 1. The van der Waals surface area contributed by atoms with E-state index in [1.54, 1.807) is 41.8 Å². The van der Waals surface area contributed by atoms with Crippen molar-refractivity contribution >= 4 is 35.0 Å². The third kappa shape index (κ3) is 4.96. The maximum atomic E-state index is 12.0. The largest absolute Gasteiger partial charge is 0.495 e. The van der Waals surface area contributed by atoms with Crippen molar-refractivity contribution in [3.63, 3.8) is 0 Å². The molecule has 1 amide bonds. The van der Waals surface area contributed by atoms with E-state index in [2.05, 4.69) is 10.4 Å².